The summed E-state index contributed by atoms with van der Waals surface area (Å²) in [7, 11) is 0. The Bertz CT molecular complexity index is 474. The van der Waals surface area contributed by atoms with Gasteiger partial charge in [0.2, 0.25) is 0 Å². The van der Waals surface area contributed by atoms with E-state index in [2.05, 4.69) is 0 Å². The van der Waals surface area contributed by atoms with Crippen LogP contribution in [-0.4, -0.2) is 24.0 Å². The summed E-state index contributed by atoms with van der Waals surface area (Å²) in [6, 6.07) is 7.46. The van der Waals surface area contributed by atoms with Gasteiger partial charge in [-0.1, -0.05) is 24.6 Å². The van der Waals surface area contributed by atoms with Crippen molar-refractivity contribution in [3.63, 3.8) is 0 Å². The maximum absolute atomic E-state index is 12.5. The van der Waals surface area contributed by atoms with Crippen LogP contribution >= 0.6 is 0 Å². The zero-order valence-corrected chi connectivity index (χ0v) is 13.6. The summed E-state index contributed by atoms with van der Waals surface area (Å²) in [5, 5.41) is 0. The smallest absolute Gasteiger partial charge is 0.415 e. The average molecular weight is 291 g/mol. The van der Waals surface area contributed by atoms with Crippen molar-refractivity contribution >= 4 is 18.1 Å². The highest BCUT2D eigenvalue weighted by molar-refractivity contribution is 5.89. The Balaban J connectivity index is 3.12. The van der Waals surface area contributed by atoms with Crippen LogP contribution in [0.2, 0.25) is 0 Å². The van der Waals surface area contributed by atoms with Crippen LogP contribution in [0.25, 0.3) is 0 Å². The first-order chi connectivity index (χ1) is 9.78. The molecule has 4 nitrogen and oxygen atoms in total. The summed E-state index contributed by atoms with van der Waals surface area (Å²) in [4.78, 5) is 25.0. The van der Waals surface area contributed by atoms with Gasteiger partial charge in [0.25, 0.3) is 0 Å². The van der Waals surface area contributed by atoms with Crippen molar-refractivity contribution in [3.05, 3.63) is 29.8 Å². The number of benzene rings is 1. The van der Waals surface area contributed by atoms with Crippen molar-refractivity contribution < 1.29 is 14.3 Å². The minimum atomic E-state index is -0.570. The number of carbonyl (C=O) groups is 2. The summed E-state index contributed by atoms with van der Waals surface area (Å²) in [5.74, 6) is 0. The second-order valence-electron chi connectivity index (χ2n) is 6.15. The third-order valence-electron chi connectivity index (χ3n) is 3.11. The van der Waals surface area contributed by atoms with Gasteiger partial charge in [-0.2, -0.15) is 0 Å². The van der Waals surface area contributed by atoms with E-state index in [0.29, 0.717) is 12.8 Å². The first kappa shape index (κ1) is 17.2. The van der Waals surface area contributed by atoms with Gasteiger partial charge in [0, 0.05) is 18.2 Å². The molecule has 0 saturated carbocycles. The van der Waals surface area contributed by atoms with E-state index in [9.17, 15) is 9.59 Å². The van der Waals surface area contributed by atoms with Crippen LogP contribution < -0.4 is 4.90 Å². The molecule has 0 saturated heterocycles. The van der Waals surface area contributed by atoms with Gasteiger partial charge in [-0.3, -0.25) is 4.90 Å². The maximum atomic E-state index is 12.5. The largest absolute Gasteiger partial charge is 0.443 e. The predicted molar refractivity (Wildman–Crippen MR) is 84.7 cm³/mol. The minimum absolute atomic E-state index is 0.194. The van der Waals surface area contributed by atoms with Gasteiger partial charge in [-0.15, -0.1) is 0 Å². The lowest BCUT2D eigenvalue weighted by molar-refractivity contribution is -0.108. The number of ether oxygens (including phenoxy) is 1. The van der Waals surface area contributed by atoms with Crippen LogP contribution in [0.3, 0.4) is 0 Å². The molecule has 21 heavy (non-hydrogen) atoms. The standard InChI is InChI=1S/C17H25NO3/c1-6-14(11-12-19)18(16(20)21-17(3,4)5)15-9-7-13(2)8-10-15/h7-10,12,14H,6,11H2,1-5H3. The SMILES string of the molecule is CCC(CC=O)N(C(=O)OC(C)(C)C)c1ccc(C)cc1. The Morgan fingerprint density at radius 3 is 2.29 bits per heavy atom. The van der Waals surface area contributed by atoms with Gasteiger partial charge in [0.1, 0.15) is 11.9 Å². The first-order valence-corrected chi connectivity index (χ1v) is 7.31. The van der Waals surface area contributed by atoms with Crippen LogP contribution in [0.15, 0.2) is 24.3 Å². The van der Waals surface area contributed by atoms with E-state index < -0.39 is 11.7 Å². The molecule has 0 radical (unpaired) electrons. The molecule has 4 heteroatoms. The van der Waals surface area contributed by atoms with Crippen molar-refractivity contribution in [1.29, 1.82) is 0 Å². The lowest BCUT2D eigenvalue weighted by Gasteiger charge is -2.32. The zero-order valence-electron chi connectivity index (χ0n) is 13.6. The molecule has 1 unspecified atom stereocenters. The molecule has 0 aliphatic carbocycles. The predicted octanol–water partition coefficient (Wildman–Crippen LogP) is 4.10. The van der Waals surface area contributed by atoms with Crippen LogP contribution in [0, 0.1) is 6.92 Å². The molecular weight excluding hydrogens is 266 g/mol. The highest BCUT2D eigenvalue weighted by Gasteiger charge is 2.28. The van der Waals surface area contributed by atoms with Crippen molar-refractivity contribution in [1.82, 2.24) is 0 Å². The topological polar surface area (TPSA) is 46.6 Å². The fourth-order valence-electron chi connectivity index (χ4n) is 2.05. The second-order valence-corrected chi connectivity index (χ2v) is 6.15. The molecule has 0 heterocycles. The summed E-state index contributed by atoms with van der Waals surface area (Å²) in [5.41, 5.74) is 1.30. The molecule has 1 aromatic carbocycles. The minimum Gasteiger partial charge on any atom is -0.443 e. The molecule has 0 fully saturated rings. The van der Waals surface area contributed by atoms with Gasteiger partial charge in [0.15, 0.2) is 0 Å². The number of aryl methyl sites for hydroxylation is 1. The molecule has 0 aliphatic rings. The normalized spacial score (nSPS) is 12.6. The Kier molecular flexibility index (Phi) is 5.94. The highest BCUT2D eigenvalue weighted by Crippen LogP contribution is 2.23. The summed E-state index contributed by atoms with van der Waals surface area (Å²) in [6.45, 7) is 9.45. The van der Waals surface area contributed by atoms with E-state index in [0.717, 1.165) is 17.5 Å². The lowest BCUT2D eigenvalue weighted by Crippen LogP contribution is -2.43. The number of rotatable bonds is 5. The van der Waals surface area contributed by atoms with E-state index in [-0.39, 0.29) is 6.04 Å². The average Bonchev–Trinajstić information content (AvgIpc) is 2.38. The first-order valence-electron chi connectivity index (χ1n) is 7.31. The van der Waals surface area contributed by atoms with Crippen LogP contribution in [0.1, 0.15) is 46.1 Å². The van der Waals surface area contributed by atoms with Gasteiger partial charge in [-0.05, 0) is 46.2 Å². The van der Waals surface area contributed by atoms with Crippen molar-refractivity contribution in [2.75, 3.05) is 4.90 Å². The van der Waals surface area contributed by atoms with Crippen LogP contribution in [0.5, 0.6) is 0 Å². The Labute approximate surface area is 127 Å². The molecule has 0 aromatic heterocycles. The van der Waals surface area contributed by atoms with E-state index in [4.69, 9.17) is 4.74 Å². The zero-order chi connectivity index (χ0) is 16.0. The van der Waals surface area contributed by atoms with Crippen molar-refractivity contribution in [2.24, 2.45) is 0 Å². The van der Waals surface area contributed by atoms with Gasteiger partial charge >= 0.3 is 6.09 Å². The number of carbonyl (C=O) groups excluding carboxylic acids is 2. The highest BCUT2D eigenvalue weighted by atomic mass is 16.6. The monoisotopic (exact) mass is 291 g/mol. The maximum Gasteiger partial charge on any atom is 0.415 e. The van der Waals surface area contributed by atoms with Crippen LogP contribution in [0.4, 0.5) is 10.5 Å². The number of amides is 1. The summed E-state index contributed by atoms with van der Waals surface area (Å²) < 4.78 is 5.48. The summed E-state index contributed by atoms with van der Waals surface area (Å²) in [6.07, 6.45) is 1.41. The molecule has 1 atom stereocenters. The summed E-state index contributed by atoms with van der Waals surface area (Å²) >= 11 is 0. The molecule has 0 spiro atoms. The Morgan fingerprint density at radius 1 is 1.29 bits per heavy atom. The van der Waals surface area contributed by atoms with Gasteiger partial charge in [0.05, 0.1) is 0 Å². The molecule has 116 valence electrons. The molecule has 0 N–H and O–H groups in total. The molecular formula is C17H25NO3. The fraction of sp³-hybridized carbons (Fsp3) is 0.529. The number of hydrogen-bond acceptors (Lipinski definition) is 3. The van der Waals surface area contributed by atoms with Crippen molar-refractivity contribution in [2.45, 2.75) is 59.1 Å². The number of anilines is 1. The van der Waals surface area contributed by atoms with E-state index in [1.807, 2.05) is 58.9 Å². The van der Waals surface area contributed by atoms with Gasteiger partial charge in [-0.25, -0.2) is 4.79 Å². The van der Waals surface area contributed by atoms with Gasteiger partial charge < -0.3 is 9.53 Å². The molecule has 0 aliphatic heterocycles. The Hall–Kier alpha value is -1.84. The van der Waals surface area contributed by atoms with Crippen LogP contribution in [-0.2, 0) is 9.53 Å². The molecule has 0 bridgehead atoms. The molecule has 1 aromatic rings. The van der Waals surface area contributed by atoms with E-state index in [1.54, 1.807) is 4.90 Å². The number of hydrogen-bond donors (Lipinski definition) is 0. The number of aldehydes is 1. The lowest BCUT2D eigenvalue weighted by atomic mass is 10.1. The third kappa shape index (κ3) is 5.21. The fourth-order valence-corrected chi connectivity index (χ4v) is 2.05. The molecule has 1 amide bonds. The number of nitrogens with zero attached hydrogens (tertiary/aromatic N) is 1. The van der Waals surface area contributed by atoms with E-state index >= 15 is 0 Å². The quantitative estimate of drug-likeness (QED) is 0.767. The Morgan fingerprint density at radius 2 is 1.86 bits per heavy atom. The van der Waals surface area contributed by atoms with E-state index in [1.165, 1.54) is 0 Å². The molecule has 1 rings (SSSR count). The second kappa shape index (κ2) is 7.25. The van der Waals surface area contributed by atoms with Crippen molar-refractivity contribution in [3.8, 4) is 0 Å². The third-order valence-corrected chi connectivity index (χ3v) is 3.11.